The number of aromatic nitrogens is 1. The van der Waals surface area contributed by atoms with Crippen molar-refractivity contribution in [1.82, 2.24) is 9.88 Å². The number of benzene rings is 1. The Bertz CT molecular complexity index is 912. The van der Waals surface area contributed by atoms with Gasteiger partial charge in [-0.2, -0.15) is 0 Å². The maximum absolute atomic E-state index is 13.7. The molecule has 1 saturated heterocycles. The standard InChI is InChI=1S/C24H31FN2O3S/c1-17-21(11-16-30-20-10-5-4-9-19(20)25)31-23(26-17)24(29)12-6-14-27(15-13-24)22(28)18-7-2-3-8-18/h4-5,9-10,18,29H,2-3,6-8,11-16H2,1H3. The fourth-order valence-electron chi connectivity index (χ4n) is 4.66. The number of thiazole rings is 1. The molecule has 1 aromatic carbocycles. The number of rotatable bonds is 6. The molecule has 1 N–H and O–H groups in total. The number of aliphatic hydroxyl groups is 1. The molecule has 5 nitrogen and oxygen atoms in total. The minimum Gasteiger partial charge on any atom is -0.490 e. The van der Waals surface area contributed by atoms with Gasteiger partial charge in [-0.1, -0.05) is 25.0 Å². The fraction of sp³-hybridized carbons (Fsp3) is 0.583. The molecule has 2 fully saturated rings. The van der Waals surface area contributed by atoms with Gasteiger partial charge >= 0.3 is 0 Å². The number of ether oxygens (including phenoxy) is 1. The van der Waals surface area contributed by atoms with Crippen molar-refractivity contribution in [2.24, 2.45) is 5.92 Å². The van der Waals surface area contributed by atoms with E-state index < -0.39 is 5.60 Å². The summed E-state index contributed by atoms with van der Waals surface area (Å²) in [5.41, 5.74) is -0.112. The minimum absolute atomic E-state index is 0.175. The van der Waals surface area contributed by atoms with Crippen LogP contribution in [0.2, 0.25) is 0 Å². The molecule has 1 atom stereocenters. The Kier molecular flexibility index (Phi) is 6.92. The average molecular weight is 447 g/mol. The highest BCUT2D eigenvalue weighted by atomic mass is 32.1. The number of amides is 1. The van der Waals surface area contributed by atoms with Crippen LogP contribution in [0.1, 0.15) is 60.5 Å². The first-order chi connectivity index (χ1) is 15.0. The summed E-state index contributed by atoms with van der Waals surface area (Å²) in [5.74, 6) is 0.324. The number of hydrogen-bond acceptors (Lipinski definition) is 5. The lowest BCUT2D eigenvalue weighted by Crippen LogP contribution is -2.37. The topological polar surface area (TPSA) is 62.7 Å². The predicted molar refractivity (Wildman–Crippen MR) is 119 cm³/mol. The van der Waals surface area contributed by atoms with Crippen molar-refractivity contribution in [3.05, 3.63) is 45.7 Å². The van der Waals surface area contributed by atoms with Crippen LogP contribution in [0, 0.1) is 18.7 Å². The molecule has 2 aromatic rings. The van der Waals surface area contributed by atoms with Crippen molar-refractivity contribution < 1.29 is 19.0 Å². The van der Waals surface area contributed by atoms with E-state index in [0.717, 1.165) is 47.7 Å². The lowest BCUT2D eigenvalue weighted by Gasteiger charge is -2.26. The monoisotopic (exact) mass is 446 g/mol. The highest BCUT2D eigenvalue weighted by Crippen LogP contribution is 2.37. The molecule has 1 amide bonds. The van der Waals surface area contributed by atoms with E-state index in [2.05, 4.69) is 4.98 Å². The Hall–Kier alpha value is -1.99. The first-order valence-electron chi connectivity index (χ1n) is 11.3. The second-order valence-corrected chi connectivity index (χ2v) is 9.83. The normalized spacial score (nSPS) is 22.5. The van der Waals surface area contributed by atoms with Gasteiger partial charge in [-0.05, 0) is 44.7 Å². The van der Waals surface area contributed by atoms with Gasteiger partial charge in [0.05, 0.1) is 12.3 Å². The minimum atomic E-state index is -0.995. The van der Waals surface area contributed by atoms with Crippen LogP contribution >= 0.6 is 11.3 Å². The van der Waals surface area contributed by atoms with Crippen LogP contribution in [0.25, 0.3) is 0 Å². The van der Waals surface area contributed by atoms with Gasteiger partial charge in [-0.25, -0.2) is 9.37 Å². The van der Waals surface area contributed by atoms with Crippen LogP contribution in [-0.2, 0) is 16.8 Å². The van der Waals surface area contributed by atoms with Crippen molar-refractivity contribution in [2.75, 3.05) is 19.7 Å². The zero-order chi connectivity index (χ0) is 21.8. The van der Waals surface area contributed by atoms with Gasteiger partial charge in [-0.3, -0.25) is 4.79 Å². The lowest BCUT2D eigenvalue weighted by atomic mass is 9.96. The molecule has 0 bridgehead atoms. The summed E-state index contributed by atoms with van der Waals surface area (Å²) >= 11 is 1.51. The molecule has 1 unspecified atom stereocenters. The molecular weight excluding hydrogens is 415 g/mol. The van der Waals surface area contributed by atoms with E-state index in [1.807, 2.05) is 11.8 Å². The number of aryl methyl sites for hydroxylation is 1. The molecule has 1 aliphatic carbocycles. The maximum Gasteiger partial charge on any atom is 0.225 e. The molecule has 2 aliphatic rings. The van der Waals surface area contributed by atoms with Gasteiger partial charge in [0.2, 0.25) is 5.91 Å². The van der Waals surface area contributed by atoms with Crippen molar-refractivity contribution in [3.8, 4) is 5.75 Å². The smallest absolute Gasteiger partial charge is 0.225 e. The number of likely N-dealkylation sites (tertiary alicyclic amines) is 1. The van der Waals surface area contributed by atoms with E-state index in [0.29, 0.717) is 39.0 Å². The molecule has 2 heterocycles. The van der Waals surface area contributed by atoms with Crippen LogP contribution in [0.5, 0.6) is 5.75 Å². The van der Waals surface area contributed by atoms with Crippen LogP contribution in [0.15, 0.2) is 24.3 Å². The Morgan fingerprint density at radius 3 is 2.81 bits per heavy atom. The van der Waals surface area contributed by atoms with E-state index in [1.54, 1.807) is 18.2 Å². The second kappa shape index (κ2) is 9.65. The molecule has 1 aliphatic heterocycles. The zero-order valence-electron chi connectivity index (χ0n) is 18.1. The molecule has 7 heteroatoms. The molecular formula is C24H31FN2O3S. The van der Waals surface area contributed by atoms with Gasteiger partial charge in [0.1, 0.15) is 10.6 Å². The van der Waals surface area contributed by atoms with Crippen LogP contribution in [-0.4, -0.2) is 40.6 Å². The Morgan fingerprint density at radius 1 is 1.26 bits per heavy atom. The van der Waals surface area contributed by atoms with Gasteiger partial charge in [-0.15, -0.1) is 11.3 Å². The summed E-state index contributed by atoms with van der Waals surface area (Å²) in [6, 6.07) is 6.38. The third kappa shape index (κ3) is 5.09. The van der Waals surface area contributed by atoms with E-state index in [4.69, 9.17) is 4.74 Å². The third-order valence-corrected chi connectivity index (χ3v) is 7.95. The summed E-state index contributed by atoms with van der Waals surface area (Å²) in [6.45, 7) is 3.58. The van der Waals surface area contributed by atoms with Gasteiger partial charge in [0, 0.05) is 36.7 Å². The molecule has 4 rings (SSSR count). The van der Waals surface area contributed by atoms with Crippen LogP contribution in [0.4, 0.5) is 4.39 Å². The van der Waals surface area contributed by atoms with E-state index >= 15 is 0 Å². The van der Waals surface area contributed by atoms with Crippen molar-refractivity contribution >= 4 is 17.2 Å². The molecule has 1 saturated carbocycles. The summed E-state index contributed by atoms with van der Waals surface area (Å²) in [6.07, 6.45) is 6.82. The van der Waals surface area contributed by atoms with Gasteiger partial charge in [0.15, 0.2) is 11.6 Å². The lowest BCUT2D eigenvalue weighted by molar-refractivity contribution is -0.135. The highest BCUT2D eigenvalue weighted by Gasteiger charge is 2.37. The SMILES string of the molecule is Cc1nc(C2(O)CCCN(C(=O)C3CCCC3)CC2)sc1CCOc1ccccc1F. The third-order valence-electron chi connectivity index (χ3n) is 6.54. The number of carbonyl (C=O) groups is 1. The Balaban J connectivity index is 1.37. The van der Waals surface area contributed by atoms with Gasteiger partial charge in [0.25, 0.3) is 0 Å². The number of carbonyl (C=O) groups excluding carboxylic acids is 1. The molecule has 168 valence electrons. The Morgan fingerprint density at radius 2 is 2.03 bits per heavy atom. The molecule has 0 radical (unpaired) electrons. The van der Waals surface area contributed by atoms with Crippen molar-refractivity contribution in [3.63, 3.8) is 0 Å². The summed E-state index contributed by atoms with van der Waals surface area (Å²) < 4.78 is 19.3. The predicted octanol–water partition coefficient (Wildman–Crippen LogP) is 4.60. The molecule has 31 heavy (non-hydrogen) atoms. The van der Waals surface area contributed by atoms with Crippen LogP contribution < -0.4 is 4.74 Å². The number of halogens is 1. The highest BCUT2D eigenvalue weighted by molar-refractivity contribution is 7.11. The first kappa shape index (κ1) is 22.2. The summed E-state index contributed by atoms with van der Waals surface area (Å²) in [7, 11) is 0. The maximum atomic E-state index is 13.7. The number of nitrogens with zero attached hydrogens (tertiary/aromatic N) is 2. The van der Waals surface area contributed by atoms with Gasteiger partial charge < -0.3 is 14.7 Å². The molecule has 1 aromatic heterocycles. The largest absolute Gasteiger partial charge is 0.490 e. The summed E-state index contributed by atoms with van der Waals surface area (Å²) in [4.78, 5) is 20.5. The fourth-order valence-corrected chi connectivity index (χ4v) is 5.85. The number of hydrogen-bond donors (Lipinski definition) is 1. The van der Waals surface area contributed by atoms with Crippen molar-refractivity contribution in [1.29, 1.82) is 0 Å². The second-order valence-electron chi connectivity index (χ2n) is 8.75. The zero-order valence-corrected chi connectivity index (χ0v) is 18.9. The van der Waals surface area contributed by atoms with E-state index in [1.165, 1.54) is 17.4 Å². The van der Waals surface area contributed by atoms with Crippen LogP contribution in [0.3, 0.4) is 0 Å². The van der Waals surface area contributed by atoms with E-state index in [-0.39, 0.29) is 23.4 Å². The quantitative estimate of drug-likeness (QED) is 0.704. The number of para-hydroxylation sites is 1. The summed E-state index contributed by atoms with van der Waals surface area (Å²) in [5, 5.41) is 12.1. The molecule has 0 spiro atoms. The first-order valence-corrected chi connectivity index (χ1v) is 12.1. The van der Waals surface area contributed by atoms with E-state index in [9.17, 15) is 14.3 Å². The van der Waals surface area contributed by atoms with Crippen molar-refractivity contribution in [2.45, 2.75) is 63.9 Å². The Labute approximate surface area is 187 Å². The average Bonchev–Trinajstić information content (AvgIpc) is 3.37.